The van der Waals surface area contributed by atoms with E-state index in [1.165, 1.54) is 12.1 Å². The van der Waals surface area contributed by atoms with Crippen molar-refractivity contribution in [1.29, 1.82) is 0 Å². The highest BCUT2D eigenvalue weighted by Gasteiger charge is 2.39. The van der Waals surface area contributed by atoms with Gasteiger partial charge in [0.15, 0.2) is 5.37 Å². The molecule has 1 fully saturated rings. The van der Waals surface area contributed by atoms with Gasteiger partial charge in [0.2, 0.25) is 0 Å². The minimum atomic E-state index is -0.673. The SMILES string of the molecule is Cc1ccc(N[C@@H]2SC(=O)N(Cc3ccc([N+](=O)[O-])cc3)C2=O)cc1. The summed E-state index contributed by atoms with van der Waals surface area (Å²) >= 11 is 0.926. The zero-order chi connectivity index (χ0) is 18.0. The number of benzene rings is 2. The van der Waals surface area contributed by atoms with Crippen LogP contribution in [0.25, 0.3) is 0 Å². The number of nitro benzene ring substituents is 1. The van der Waals surface area contributed by atoms with Crippen LogP contribution in [0.3, 0.4) is 0 Å². The predicted octanol–water partition coefficient (Wildman–Crippen LogP) is 3.54. The van der Waals surface area contributed by atoms with E-state index in [9.17, 15) is 19.7 Å². The number of aryl methyl sites for hydroxylation is 1. The van der Waals surface area contributed by atoms with E-state index in [4.69, 9.17) is 0 Å². The highest BCUT2D eigenvalue weighted by atomic mass is 32.2. The summed E-state index contributed by atoms with van der Waals surface area (Å²) in [6.45, 7) is 2.06. The molecule has 25 heavy (non-hydrogen) atoms. The number of non-ortho nitro benzene ring substituents is 1. The average Bonchev–Trinajstić information content (AvgIpc) is 2.85. The number of nitro groups is 1. The number of carbonyl (C=O) groups excluding carboxylic acids is 2. The summed E-state index contributed by atoms with van der Waals surface area (Å²) in [4.78, 5) is 36.0. The van der Waals surface area contributed by atoms with E-state index in [0.717, 1.165) is 27.9 Å². The number of nitrogens with zero attached hydrogens (tertiary/aromatic N) is 2. The van der Waals surface area contributed by atoms with Gasteiger partial charge in [0.1, 0.15) is 0 Å². The fourth-order valence-electron chi connectivity index (χ4n) is 2.39. The number of hydrogen-bond donors (Lipinski definition) is 1. The van der Waals surface area contributed by atoms with Crippen LogP contribution in [0.5, 0.6) is 0 Å². The summed E-state index contributed by atoms with van der Waals surface area (Å²) in [5, 5.41) is 12.7. The summed E-state index contributed by atoms with van der Waals surface area (Å²) in [5.41, 5.74) is 2.49. The third-order valence-corrected chi connectivity index (χ3v) is 4.74. The number of carbonyl (C=O) groups is 2. The Hall–Kier alpha value is -2.87. The van der Waals surface area contributed by atoms with Crippen molar-refractivity contribution in [2.75, 3.05) is 5.32 Å². The van der Waals surface area contributed by atoms with Crippen molar-refractivity contribution >= 4 is 34.3 Å². The lowest BCUT2D eigenvalue weighted by atomic mass is 10.2. The highest BCUT2D eigenvalue weighted by molar-refractivity contribution is 8.15. The summed E-state index contributed by atoms with van der Waals surface area (Å²) in [7, 11) is 0. The van der Waals surface area contributed by atoms with Gasteiger partial charge in [0, 0.05) is 17.8 Å². The molecule has 0 aromatic heterocycles. The smallest absolute Gasteiger partial charge is 0.291 e. The Bertz CT molecular complexity index is 821. The second-order valence-electron chi connectivity index (χ2n) is 5.62. The molecule has 0 radical (unpaired) electrons. The van der Waals surface area contributed by atoms with Gasteiger partial charge in [-0.15, -0.1) is 0 Å². The van der Waals surface area contributed by atoms with Crippen molar-refractivity contribution in [3.8, 4) is 0 Å². The van der Waals surface area contributed by atoms with E-state index in [0.29, 0.717) is 5.56 Å². The van der Waals surface area contributed by atoms with Gasteiger partial charge in [-0.1, -0.05) is 29.8 Å². The predicted molar refractivity (Wildman–Crippen MR) is 95.2 cm³/mol. The number of thioether (sulfide) groups is 1. The molecule has 1 aliphatic heterocycles. The molecule has 3 rings (SSSR count). The maximum Gasteiger partial charge on any atom is 0.291 e. The molecule has 0 unspecified atom stereocenters. The molecule has 0 bridgehead atoms. The lowest BCUT2D eigenvalue weighted by Crippen LogP contribution is -2.33. The number of anilines is 1. The molecule has 0 aliphatic carbocycles. The van der Waals surface area contributed by atoms with E-state index in [2.05, 4.69) is 5.32 Å². The molecule has 1 aliphatic rings. The number of imide groups is 1. The first-order valence-corrected chi connectivity index (χ1v) is 8.40. The zero-order valence-electron chi connectivity index (χ0n) is 13.3. The molecule has 7 nitrogen and oxygen atoms in total. The van der Waals surface area contributed by atoms with Crippen LogP contribution in [-0.4, -0.2) is 26.3 Å². The van der Waals surface area contributed by atoms with Crippen LogP contribution >= 0.6 is 11.8 Å². The summed E-state index contributed by atoms with van der Waals surface area (Å²) in [5.74, 6) is -0.325. The third kappa shape index (κ3) is 3.80. The largest absolute Gasteiger partial charge is 0.365 e. The molecule has 128 valence electrons. The molecule has 8 heteroatoms. The first-order valence-electron chi connectivity index (χ1n) is 7.52. The van der Waals surface area contributed by atoms with Gasteiger partial charge in [-0.25, -0.2) is 0 Å². The molecule has 1 heterocycles. The number of nitrogens with one attached hydrogen (secondary N) is 1. The van der Waals surface area contributed by atoms with Crippen LogP contribution in [0.1, 0.15) is 11.1 Å². The second-order valence-corrected chi connectivity index (χ2v) is 6.68. The fourth-order valence-corrected chi connectivity index (χ4v) is 3.29. The van der Waals surface area contributed by atoms with Crippen molar-refractivity contribution in [3.05, 3.63) is 69.8 Å². The fraction of sp³-hybridized carbons (Fsp3) is 0.176. The topological polar surface area (TPSA) is 92.6 Å². The number of rotatable bonds is 5. The average molecular weight is 357 g/mol. The normalized spacial score (nSPS) is 17.0. The van der Waals surface area contributed by atoms with Gasteiger partial charge in [0.25, 0.3) is 16.8 Å². The molecule has 2 aromatic carbocycles. The van der Waals surface area contributed by atoms with Gasteiger partial charge in [-0.05, 0) is 36.4 Å². The number of hydrogen-bond acceptors (Lipinski definition) is 6. The zero-order valence-corrected chi connectivity index (χ0v) is 14.2. The van der Waals surface area contributed by atoms with Crippen LogP contribution in [0, 0.1) is 17.0 Å². The summed E-state index contributed by atoms with van der Waals surface area (Å²) < 4.78 is 0. The Labute approximate surface area is 148 Å². The Morgan fingerprint density at radius 2 is 1.76 bits per heavy atom. The van der Waals surface area contributed by atoms with E-state index in [-0.39, 0.29) is 23.4 Å². The quantitative estimate of drug-likeness (QED) is 0.650. The van der Waals surface area contributed by atoms with Crippen LogP contribution in [0.2, 0.25) is 0 Å². The minimum Gasteiger partial charge on any atom is -0.365 e. The van der Waals surface area contributed by atoms with Crippen molar-refractivity contribution < 1.29 is 14.5 Å². The molecule has 1 saturated heterocycles. The first-order chi connectivity index (χ1) is 11.9. The standard InChI is InChI=1S/C17H15N3O4S/c1-11-2-6-13(7-3-11)18-15-16(21)19(17(22)25-15)10-12-4-8-14(9-5-12)20(23)24/h2-9,15,18H,10H2,1H3/t15-/m1/s1. The monoisotopic (exact) mass is 357 g/mol. The van der Waals surface area contributed by atoms with Gasteiger partial charge < -0.3 is 5.32 Å². The van der Waals surface area contributed by atoms with E-state index < -0.39 is 10.3 Å². The molecular formula is C17H15N3O4S. The van der Waals surface area contributed by atoms with Gasteiger partial charge >= 0.3 is 0 Å². The Morgan fingerprint density at radius 3 is 2.36 bits per heavy atom. The van der Waals surface area contributed by atoms with Crippen LogP contribution < -0.4 is 5.32 Å². The second kappa shape index (κ2) is 6.94. The van der Waals surface area contributed by atoms with Gasteiger partial charge in [0.05, 0.1) is 11.5 Å². The molecule has 2 aromatic rings. The maximum atomic E-state index is 12.5. The molecule has 1 N–H and O–H groups in total. The van der Waals surface area contributed by atoms with Crippen LogP contribution in [0.15, 0.2) is 48.5 Å². The summed E-state index contributed by atoms with van der Waals surface area (Å²) in [6.07, 6.45) is 0. The lowest BCUT2D eigenvalue weighted by molar-refractivity contribution is -0.384. The van der Waals surface area contributed by atoms with E-state index in [1.807, 2.05) is 31.2 Å². The first kappa shape index (κ1) is 17.0. The van der Waals surface area contributed by atoms with Crippen LogP contribution in [0.4, 0.5) is 16.2 Å². The van der Waals surface area contributed by atoms with Crippen molar-refractivity contribution in [3.63, 3.8) is 0 Å². The minimum absolute atomic E-state index is 0.0314. The maximum absolute atomic E-state index is 12.5. The van der Waals surface area contributed by atoms with E-state index >= 15 is 0 Å². The molecular weight excluding hydrogens is 342 g/mol. The van der Waals surface area contributed by atoms with Crippen molar-refractivity contribution in [2.45, 2.75) is 18.8 Å². The lowest BCUT2D eigenvalue weighted by Gasteiger charge is -2.15. The third-order valence-electron chi connectivity index (χ3n) is 3.77. The Balaban J connectivity index is 1.68. The van der Waals surface area contributed by atoms with Crippen molar-refractivity contribution in [2.24, 2.45) is 0 Å². The van der Waals surface area contributed by atoms with Crippen molar-refractivity contribution in [1.82, 2.24) is 4.90 Å². The summed E-state index contributed by atoms with van der Waals surface area (Å²) in [6, 6.07) is 13.4. The Morgan fingerprint density at radius 1 is 1.12 bits per heavy atom. The molecule has 2 amide bonds. The van der Waals surface area contributed by atoms with Gasteiger partial charge in [-0.3, -0.25) is 24.6 Å². The van der Waals surface area contributed by atoms with Gasteiger partial charge in [-0.2, -0.15) is 0 Å². The van der Waals surface area contributed by atoms with Crippen LogP contribution in [-0.2, 0) is 11.3 Å². The Kier molecular flexibility index (Phi) is 4.71. The number of amides is 2. The molecule has 1 atom stereocenters. The van der Waals surface area contributed by atoms with E-state index in [1.54, 1.807) is 12.1 Å². The highest BCUT2D eigenvalue weighted by Crippen LogP contribution is 2.29. The molecule has 0 saturated carbocycles. The molecule has 0 spiro atoms.